The van der Waals surface area contributed by atoms with Crippen LogP contribution in [-0.4, -0.2) is 51.1 Å². The summed E-state index contributed by atoms with van der Waals surface area (Å²) in [7, 11) is 0. The Morgan fingerprint density at radius 2 is 2.22 bits per heavy atom. The lowest BCUT2D eigenvalue weighted by atomic mass is 10.2. The lowest BCUT2D eigenvalue weighted by molar-refractivity contribution is 0.0690. The molecule has 2 aliphatic rings. The van der Waals surface area contributed by atoms with Crippen molar-refractivity contribution >= 4 is 11.8 Å². The molecular weight excluding hydrogens is 232 g/mol. The number of carbonyl (C=O) groups is 1. The Balaban J connectivity index is 1.62. The molecule has 1 aliphatic heterocycles. The number of likely N-dealkylation sites (tertiary alicyclic amines) is 1. The van der Waals surface area contributed by atoms with Crippen LogP contribution in [0.15, 0.2) is 12.4 Å². The highest BCUT2D eigenvalue weighted by molar-refractivity contribution is 5.85. The fourth-order valence-corrected chi connectivity index (χ4v) is 2.42. The van der Waals surface area contributed by atoms with Gasteiger partial charge in [0.1, 0.15) is 5.82 Å². The molecule has 2 heterocycles. The second-order valence-electron chi connectivity index (χ2n) is 4.95. The molecule has 2 fully saturated rings. The van der Waals surface area contributed by atoms with E-state index >= 15 is 0 Å². The second-order valence-corrected chi connectivity index (χ2v) is 4.95. The van der Waals surface area contributed by atoms with Gasteiger partial charge in [0.05, 0.1) is 12.4 Å². The first-order valence-corrected chi connectivity index (χ1v) is 6.28. The average molecular weight is 248 g/mol. The van der Waals surface area contributed by atoms with Crippen LogP contribution in [0, 0.1) is 0 Å². The summed E-state index contributed by atoms with van der Waals surface area (Å²) in [5, 5.41) is 12.1. The van der Waals surface area contributed by atoms with E-state index in [1.54, 1.807) is 6.20 Å². The van der Waals surface area contributed by atoms with Crippen molar-refractivity contribution in [1.82, 2.24) is 14.9 Å². The molecule has 1 saturated heterocycles. The lowest BCUT2D eigenvalue weighted by Gasteiger charge is -2.16. The normalized spacial score (nSPS) is 24.1. The van der Waals surface area contributed by atoms with E-state index in [2.05, 4.69) is 20.2 Å². The number of aromatic nitrogens is 2. The van der Waals surface area contributed by atoms with Crippen LogP contribution in [0.2, 0.25) is 0 Å². The van der Waals surface area contributed by atoms with Gasteiger partial charge in [-0.2, -0.15) is 0 Å². The molecule has 18 heavy (non-hydrogen) atoms. The molecule has 1 aliphatic carbocycles. The fraction of sp³-hybridized carbons (Fsp3) is 0.583. The minimum atomic E-state index is -1.04. The van der Waals surface area contributed by atoms with E-state index < -0.39 is 5.97 Å². The molecule has 6 nitrogen and oxygen atoms in total. The molecule has 0 amide bonds. The zero-order valence-electron chi connectivity index (χ0n) is 10.0. The molecule has 0 spiro atoms. The highest BCUT2D eigenvalue weighted by atomic mass is 16.4. The van der Waals surface area contributed by atoms with Crippen LogP contribution in [0.5, 0.6) is 0 Å². The predicted octanol–water partition coefficient (Wildman–Crippen LogP) is 0.823. The van der Waals surface area contributed by atoms with Crippen LogP contribution >= 0.6 is 0 Å². The van der Waals surface area contributed by atoms with E-state index in [9.17, 15) is 4.79 Å². The van der Waals surface area contributed by atoms with E-state index in [-0.39, 0.29) is 5.69 Å². The van der Waals surface area contributed by atoms with Crippen LogP contribution in [0.25, 0.3) is 0 Å². The van der Waals surface area contributed by atoms with Crippen molar-refractivity contribution < 1.29 is 9.90 Å². The number of hydrogen-bond acceptors (Lipinski definition) is 5. The van der Waals surface area contributed by atoms with Gasteiger partial charge in [0.2, 0.25) is 0 Å². The number of nitrogens with zero attached hydrogens (tertiary/aromatic N) is 3. The average Bonchev–Trinajstić information content (AvgIpc) is 3.11. The van der Waals surface area contributed by atoms with Crippen molar-refractivity contribution in [3.8, 4) is 0 Å². The lowest BCUT2D eigenvalue weighted by Crippen LogP contribution is -2.28. The predicted molar refractivity (Wildman–Crippen MR) is 65.6 cm³/mol. The van der Waals surface area contributed by atoms with Crippen molar-refractivity contribution in [3.05, 3.63) is 18.1 Å². The largest absolute Gasteiger partial charge is 0.476 e. The summed E-state index contributed by atoms with van der Waals surface area (Å²) in [6, 6.07) is 1.14. The van der Waals surface area contributed by atoms with E-state index in [4.69, 9.17) is 5.11 Å². The highest BCUT2D eigenvalue weighted by Crippen LogP contribution is 2.30. The molecule has 1 unspecified atom stereocenters. The van der Waals surface area contributed by atoms with Gasteiger partial charge < -0.3 is 10.4 Å². The maximum absolute atomic E-state index is 10.8. The molecule has 1 saturated carbocycles. The maximum Gasteiger partial charge on any atom is 0.356 e. The van der Waals surface area contributed by atoms with Gasteiger partial charge in [-0.05, 0) is 19.3 Å². The molecule has 96 valence electrons. The van der Waals surface area contributed by atoms with Gasteiger partial charge in [-0.3, -0.25) is 9.88 Å². The standard InChI is InChI=1S/C12H16N4O2/c17-12(18)10-5-13-6-11(15-10)14-8-3-4-16(7-8)9-1-2-9/h5-6,8-9H,1-4,7H2,(H,14,15)(H,17,18). The monoisotopic (exact) mass is 248 g/mol. The van der Waals surface area contributed by atoms with Gasteiger partial charge in [-0.1, -0.05) is 0 Å². The van der Waals surface area contributed by atoms with Crippen molar-refractivity contribution in [2.24, 2.45) is 0 Å². The minimum Gasteiger partial charge on any atom is -0.476 e. The summed E-state index contributed by atoms with van der Waals surface area (Å²) in [6.07, 6.45) is 6.56. The summed E-state index contributed by atoms with van der Waals surface area (Å²) in [5.74, 6) is -0.491. The molecule has 1 atom stereocenters. The summed E-state index contributed by atoms with van der Waals surface area (Å²) in [5.41, 5.74) is -0.0166. The zero-order valence-corrected chi connectivity index (χ0v) is 10.0. The zero-order chi connectivity index (χ0) is 12.5. The van der Waals surface area contributed by atoms with E-state index in [0.29, 0.717) is 11.9 Å². The van der Waals surface area contributed by atoms with E-state index in [0.717, 1.165) is 25.6 Å². The van der Waals surface area contributed by atoms with Crippen LogP contribution < -0.4 is 5.32 Å². The topological polar surface area (TPSA) is 78.3 Å². The van der Waals surface area contributed by atoms with Crippen LogP contribution in [-0.2, 0) is 0 Å². The van der Waals surface area contributed by atoms with E-state index in [1.165, 1.54) is 19.0 Å². The summed E-state index contributed by atoms with van der Waals surface area (Å²) >= 11 is 0. The minimum absolute atomic E-state index is 0.0166. The van der Waals surface area contributed by atoms with Gasteiger partial charge >= 0.3 is 5.97 Å². The number of anilines is 1. The highest BCUT2D eigenvalue weighted by Gasteiger charge is 2.34. The fourth-order valence-electron chi connectivity index (χ4n) is 2.42. The number of nitrogens with one attached hydrogen (secondary N) is 1. The van der Waals surface area contributed by atoms with Gasteiger partial charge in [-0.15, -0.1) is 0 Å². The molecule has 1 aromatic rings. The molecule has 0 radical (unpaired) electrons. The Morgan fingerprint density at radius 3 is 2.94 bits per heavy atom. The quantitative estimate of drug-likeness (QED) is 0.821. The number of aromatic carboxylic acids is 1. The third-order valence-corrected chi connectivity index (χ3v) is 3.49. The Hall–Kier alpha value is -1.69. The summed E-state index contributed by atoms with van der Waals surface area (Å²) in [4.78, 5) is 21.2. The van der Waals surface area contributed by atoms with Crippen molar-refractivity contribution in [3.63, 3.8) is 0 Å². The third-order valence-electron chi connectivity index (χ3n) is 3.49. The Labute approximate surface area is 105 Å². The van der Waals surface area contributed by atoms with Crippen molar-refractivity contribution in [1.29, 1.82) is 0 Å². The number of carboxylic acid groups (broad SMARTS) is 1. The summed E-state index contributed by atoms with van der Waals surface area (Å²) in [6.45, 7) is 2.14. The molecule has 6 heteroatoms. The number of carboxylic acids is 1. The second kappa shape index (κ2) is 4.53. The first-order valence-electron chi connectivity index (χ1n) is 6.28. The first-order chi connectivity index (χ1) is 8.72. The van der Waals surface area contributed by atoms with Gasteiger partial charge in [0.25, 0.3) is 0 Å². The summed E-state index contributed by atoms with van der Waals surface area (Å²) < 4.78 is 0. The van der Waals surface area contributed by atoms with Crippen LogP contribution in [0.4, 0.5) is 5.82 Å². The van der Waals surface area contributed by atoms with Crippen molar-refractivity contribution in [2.75, 3.05) is 18.4 Å². The Bertz CT molecular complexity index is 461. The molecule has 0 bridgehead atoms. The van der Waals surface area contributed by atoms with Gasteiger partial charge in [0.15, 0.2) is 5.69 Å². The molecule has 3 rings (SSSR count). The third kappa shape index (κ3) is 2.43. The van der Waals surface area contributed by atoms with Crippen LogP contribution in [0.3, 0.4) is 0 Å². The first kappa shape index (κ1) is 11.4. The van der Waals surface area contributed by atoms with E-state index in [1.807, 2.05) is 0 Å². The number of hydrogen-bond donors (Lipinski definition) is 2. The van der Waals surface area contributed by atoms with Crippen molar-refractivity contribution in [2.45, 2.75) is 31.3 Å². The molecule has 2 N–H and O–H groups in total. The Kier molecular flexibility index (Phi) is 2.87. The van der Waals surface area contributed by atoms with Gasteiger partial charge in [0, 0.05) is 25.2 Å². The number of rotatable bonds is 4. The molecular formula is C12H16N4O2. The van der Waals surface area contributed by atoms with Crippen LogP contribution in [0.1, 0.15) is 29.8 Å². The molecule has 0 aromatic carbocycles. The molecule has 1 aromatic heterocycles. The SMILES string of the molecule is O=C(O)c1cncc(NC2CCN(C3CC3)C2)n1. The maximum atomic E-state index is 10.8. The Morgan fingerprint density at radius 1 is 1.39 bits per heavy atom. The van der Waals surface area contributed by atoms with Gasteiger partial charge in [-0.25, -0.2) is 9.78 Å². The smallest absolute Gasteiger partial charge is 0.356 e.